The summed E-state index contributed by atoms with van der Waals surface area (Å²) in [5.74, 6) is 0.422. The minimum Gasteiger partial charge on any atom is -0.342 e. The summed E-state index contributed by atoms with van der Waals surface area (Å²) in [6, 6.07) is 0. The number of piperidine rings is 1. The number of likely N-dealkylation sites (tertiary alicyclic amines) is 1. The number of nitrogens with zero attached hydrogens (tertiary/aromatic N) is 1. The van der Waals surface area contributed by atoms with Gasteiger partial charge in [0.25, 0.3) is 10.2 Å². The van der Waals surface area contributed by atoms with Gasteiger partial charge in [0, 0.05) is 25.6 Å². The molecule has 1 heterocycles. The third-order valence-electron chi connectivity index (χ3n) is 5.67. The number of carbonyl (C=O) groups is 1. The standard InChI is InChI=1S/C14H27N3O3S/c1-13(2)11(14(13,3)4)12(18)17-7-5-6-10(9-17)8-16-21(15,19)20/h10-11,16H,5-9H2,1-4H3,(H2,15,19,20). The molecule has 0 aromatic carbocycles. The molecule has 1 aliphatic carbocycles. The molecule has 2 fully saturated rings. The third-order valence-corrected chi connectivity index (χ3v) is 6.24. The molecule has 1 saturated carbocycles. The quantitative estimate of drug-likeness (QED) is 0.799. The zero-order valence-corrected chi connectivity index (χ0v) is 14.2. The molecule has 2 rings (SSSR count). The topological polar surface area (TPSA) is 92.5 Å². The first-order chi connectivity index (χ1) is 9.47. The van der Waals surface area contributed by atoms with Crippen molar-refractivity contribution in [3.8, 4) is 0 Å². The Morgan fingerprint density at radius 3 is 2.33 bits per heavy atom. The summed E-state index contributed by atoms with van der Waals surface area (Å²) >= 11 is 0. The Morgan fingerprint density at radius 2 is 1.86 bits per heavy atom. The molecule has 7 heteroatoms. The SMILES string of the molecule is CC1(C)C(C(=O)N2CCCC(CNS(N)(=O)=O)C2)C1(C)C. The predicted molar refractivity (Wildman–Crippen MR) is 81.5 cm³/mol. The molecule has 0 aromatic heterocycles. The Bertz CT molecular complexity index is 514. The van der Waals surface area contributed by atoms with Crippen molar-refractivity contribution in [3.05, 3.63) is 0 Å². The van der Waals surface area contributed by atoms with E-state index in [4.69, 9.17) is 5.14 Å². The van der Waals surface area contributed by atoms with Crippen LogP contribution >= 0.6 is 0 Å². The van der Waals surface area contributed by atoms with E-state index in [0.29, 0.717) is 13.1 Å². The van der Waals surface area contributed by atoms with Crippen molar-refractivity contribution in [1.82, 2.24) is 9.62 Å². The van der Waals surface area contributed by atoms with E-state index in [2.05, 4.69) is 32.4 Å². The van der Waals surface area contributed by atoms with Gasteiger partial charge in [-0.1, -0.05) is 27.7 Å². The van der Waals surface area contributed by atoms with Crippen LogP contribution in [-0.4, -0.2) is 38.9 Å². The Morgan fingerprint density at radius 1 is 1.29 bits per heavy atom. The van der Waals surface area contributed by atoms with E-state index in [-0.39, 0.29) is 28.6 Å². The molecule has 6 nitrogen and oxygen atoms in total. The molecule has 1 saturated heterocycles. The van der Waals surface area contributed by atoms with Gasteiger partial charge in [-0.05, 0) is 29.6 Å². The Labute approximate surface area is 127 Å². The van der Waals surface area contributed by atoms with Crippen molar-refractivity contribution in [1.29, 1.82) is 0 Å². The predicted octanol–water partition coefficient (Wildman–Crippen LogP) is 0.700. The van der Waals surface area contributed by atoms with Gasteiger partial charge in [-0.3, -0.25) is 4.79 Å². The van der Waals surface area contributed by atoms with Crippen LogP contribution in [0, 0.1) is 22.7 Å². The summed E-state index contributed by atoms with van der Waals surface area (Å²) in [5, 5.41) is 4.96. The van der Waals surface area contributed by atoms with Gasteiger partial charge in [-0.2, -0.15) is 8.42 Å². The molecule has 1 aliphatic heterocycles. The maximum absolute atomic E-state index is 12.7. The van der Waals surface area contributed by atoms with Gasteiger partial charge < -0.3 is 4.90 Å². The van der Waals surface area contributed by atoms with Crippen molar-refractivity contribution < 1.29 is 13.2 Å². The molecule has 21 heavy (non-hydrogen) atoms. The Balaban J connectivity index is 1.94. The minimum atomic E-state index is -3.66. The molecule has 0 bridgehead atoms. The highest BCUT2D eigenvalue weighted by Gasteiger charge is 2.68. The van der Waals surface area contributed by atoms with E-state index in [1.165, 1.54) is 0 Å². The highest BCUT2D eigenvalue weighted by molar-refractivity contribution is 7.87. The van der Waals surface area contributed by atoms with E-state index in [1.807, 2.05) is 4.90 Å². The number of hydrogen-bond donors (Lipinski definition) is 2. The molecule has 1 atom stereocenters. The summed E-state index contributed by atoms with van der Waals surface area (Å²) in [6.45, 7) is 10.2. The fourth-order valence-electron chi connectivity index (χ4n) is 3.66. The van der Waals surface area contributed by atoms with Gasteiger partial charge in [-0.25, -0.2) is 9.86 Å². The Kier molecular flexibility index (Phi) is 4.14. The number of amides is 1. The van der Waals surface area contributed by atoms with Crippen molar-refractivity contribution >= 4 is 16.1 Å². The van der Waals surface area contributed by atoms with Gasteiger partial charge in [0.05, 0.1) is 0 Å². The van der Waals surface area contributed by atoms with Crippen LogP contribution in [0.3, 0.4) is 0 Å². The van der Waals surface area contributed by atoms with Crippen molar-refractivity contribution in [2.24, 2.45) is 27.8 Å². The van der Waals surface area contributed by atoms with E-state index in [9.17, 15) is 13.2 Å². The zero-order valence-electron chi connectivity index (χ0n) is 13.3. The Hall–Kier alpha value is -0.660. The normalized spacial score (nSPS) is 28.4. The first-order valence-corrected chi connectivity index (χ1v) is 9.07. The summed E-state index contributed by atoms with van der Waals surface area (Å²) in [4.78, 5) is 14.6. The van der Waals surface area contributed by atoms with Crippen LogP contribution in [0.4, 0.5) is 0 Å². The van der Waals surface area contributed by atoms with Gasteiger partial charge in [0.2, 0.25) is 5.91 Å². The molecule has 0 radical (unpaired) electrons. The number of rotatable bonds is 4. The van der Waals surface area contributed by atoms with Gasteiger partial charge in [0.15, 0.2) is 0 Å². The molecule has 3 N–H and O–H groups in total. The third kappa shape index (κ3) is 3.24. The number of carbonyl (C=O) groups excluding carboxylic acids is 1. The molecular formula is C14H27N3O3S. The molecule has 122 valence electrons. The highest BCUT2D eigenvalue weighted by Crippen LogP contribution is 2.68. The van der Waals surface area contributed by atoms with Gasteiger partial charge in [-0.15, -0.1) is 0 Å². The van der Waals surface area contributed by atoms with Crippen molar-refractivity contribution in [3.63, 3.8) is 0 Å². The van der Waals surface area contributed by atoms with E-state index >= 15 is 0 Å². The van der Waals surface area contributed by atoms with Crippen molar-refractivity contribution in [2.75, 3.05) is 19.6 Å². The van der Waals surface area contributed by atoms with Crippen LogP contribution in [0.5, 0.6) is 0 Å². The van der Waals surface area contributed by atoms with Crippen LogP contribution in [0.2, 0.25) is 0 Å². The van der Waals surface area contributed by atoms with Crippen LogP contribution in [-0.2, 0) is 15.0 Å². The first-order valence-electron chi connectivity index (χ1n) is 7.53. The van der Waals surface area contributed by atoms with Gasteiger partial charge in [0.1, 0.15) is 0 Å². The molecule has 1 unspecified atom stereocenters. The second-order valence-corrected chi connectivity index (χ2v) is 8.94. The smallest absolute Gasteiger partial charge is 0.274 e. The second kappa shape index (κ2) is 5.21. The zero-order chi connectivity index (χ0) is 16.1. The van der Waals surface area contributed by atoms with E-state index in [0.717, 1.165) is 19.4 Å². The minimum absolute atomic E-state index is 0.0376. The maximum Gasteiger partial charge on any atom is 0.274 e. The maximum atomic E-state index is 12.7. The molecule has 1 amide bonds. The van der Waals surface area contributed by atoms with Crippen LogP contribution < -0.4 is 9.86 Å². The summed E-state index contributed by atoms with van der Waals surface area (Å²) in [6.07, 6.45) is 1.83. The average Bonchev–Trinajstić information content (AvgIpc) is 2.76. The fraction of sp³-hybridized carbons (Fsp3) is 0.929. The molecule has 0 aromatic rings. The summed E-state index contributed by atoms with van der Waals surface area (Å²) in [7, 11) is -3.66. The van der Waals surface area contributed by atoms with Crippen LogP contribution in [0.1, 0.15) is 40.5 Å². The second-order valence-electron chi connectivity index (χ2n) is 7.56. The van der Waals surface area contributed by atoms with E-state index < -0.39 is 10.2 Å². The lowest BCUT2D eigenvalue weighted by molar-refractivity contribution is -0.135. The first kappa shape index (κ1) is 16.7. The van der Waals surface area contributed by atoms with Crippen LogP contribution in [0.25, 0.3) is 0 Å². The van der Waals surface area contributed by atoms with E-state index in [1.54, 1.807) is 0 Å². The number of nitrogens with two attached hydrogens (primary N) is 1. The summed E-state index contributed by atoms with van der Waals surface area (Å²) in [5.41, 5.74) is 0.0751. The number of hydrogen-bond acceptors (Lipinski definition) is 3. The number of nitrogens with one attached hydrogen (secondary N) is 1. The lowest BCUT2D eigenvalue weighted by atomic mass is 9.97. The van der Waals surface area contributed by atoms with Crippen LogP contribution in [0.15, 0.2) is 0 Å². The lowest BCUT2D eigenvalue weighted by Crippen LogP contribution is -2.45. The fourth-order valence-corrected chi connectivity index (χ4v) is 4.13. The summed E-state index contributed by atoms with van der Waals surface area (Å²) < 4.78 is 24.3. The highest BCUT2D eigenvalue weighted by atomic mass is 32.2. The monoisotopic (exact) mass is 317 g/mol. The average molecular weight is 317 g/mol. The largest absolute Gasteiger partial charge is 0.342 e. The molecular weight excluding hydrogens is 290 g/mol. The van der Waals surface area contributed by atoms with Crippen molar-refractivity contribution in [2.45, 2.75) is 40.5 Å². The molecule has 0 spiro atoms. The lowest BCUT2D eigenvalue weighted by Gasteiger charge is -2.33. The van der Waals surface area contributed by atoms with Gasteiger partial charge >= 0.3 is 0 Å². The molecule has 2 aliphatic rings.